The Morgan fingerprint density at radius 2 is 1.45 bits per heavy atom. The van der Waals surface area contributed by atoms with E-state index < -0.39 is 42.3 Å². The van der Waals surface area contributed by atoms with E-state index >= 15 is 0 Å². The molecule has 0 heterocycles. The minimum absolute atomic E-state index is 0.0826. The standard InChI is InChI=1S/C6H8O7.C4H9N3O2/c7-3(8)1-6(13,5(11)12)2-4(9)10;1-7(3-6-5)2-4(8)9/h13H,1-2H2,(H,7,8)(H,9,10)(H,11,12);3H,2,5H2,1H3,(H,8,9)/b;6-3+. The number of hydrogen-bond acceptors (Lipinski definition) is 7. The molecule has 0 fully saturated rings. The van der Waals surface area contributed by atoms with Crippen LogP contribution < -0.4 is 5.84 Å². The van der Waals surface area contributed by atoms with E-state index in [1.165, 1.54) is 11.2 Å². The highest BCUT2D eigenvalue weighted by Gasteiger charge is 2.40. The van der Waals surface area contributed by atoms with Crippen molar-refractivity contribution in [2.75, 3.05) is 13.6 Å². The van der Waals surface area contributed by atoms with Gasteiger partial charge in [-0.15, -0.1) is 0 Å². The van der Waals surface area contributed by atoms with Crippen molar-refractivity contribution in [1.82, 2.24) is 4.90 Å². The number of carboxylic acids is 4. The summed E-state index contributed by atoms with van der Waals surface area (Å²) < 4.78 is 0. The number of aliphatic hydroxyl groups is 1. The zero-order chi connectivity index (χ0) is 17.9. The number of rotatable bonds is 8. The van der Waals surface area contributed by atoms with Crippen LogP contribution in [0.2, 0.25) is 0 Å². The fourth-order valence-electron chi connectivity index (χ4n) is 1.08. The summed E-state index contributed by atoms with van der Waals surface area (Å²) in [6, 6.07) is 0. The Kier molecular flexibility index (Phi) is 9.66. The van der Waals surface area contributed by atoms with E-state index in [1.807, 2.05) is 0 Å². The number of hydrogen-bond donors (Lipinski definition) is 6. The maximum atomic E-state index is 10.3. The molecule has 0 aromatic carbocycles. The number of hydrazone groups is 1. The third kappa shape index (κ3) is 11.0. The summed E-state index contributed by atoms with van der Waals surface area (Å²) in [5.74, 6) is -1.18. The zero-order valence-electron chi connectivity index (χ0n) is 11.5. The summed E-state index contributed by atoms with van der Waals surface area (Å²) in [7, 11) is 1.57. The number of nitrogens with two attached hydrogens (primary N) is 1. The van der Waals surface area contributed by atoms with Crippen LogP contribution in [-0.2, 0) is 19.2 Å². The second-order valence-corrected chi connectivity index (χ2v) is 4.05. The van der Waals surface area contributed by atoms with Crippen molar-refractivity contribution >= 4 is 30.2 Å². The van der Waals surface area contributed by atoms with Gasteiger partial charge in [-0.05, 0) is 0 Å². The zero-order valence-corrected chi connectivity index (χ0v) is 11.5. The number of aliphatic carboxylic acids is 4. The van der Waals surface area contributed by atoms with E-state index in [2.05, 4.69) is 5.10 Å². The van der Waals surface area contributed by atoms with Crippen LogP contribution in [0.4, 0.5) is 0 Å². The highest BCUT2D eigenvalue weighted by molar-refractivity contribution is 5.88. The van der Waals surface area contributed by atoms with Gasteiger partial charge in [0, 0.05) is 7.05 Å². The fourth-order valence-corrected chi connectivity index (χ4v) is 1.08. The quantitative estimate of drug-likeness (QED) is 0.120. The first-order valence-electron chi connectivity index (χ1n) is 5.49. The lowest BCUT2D eigenvalue weighted by Gasteiger charge is -2.18. The Morgan fingerprint density at radius 1 is 1.05 bits per heavy atom. The van der Waals surface area contributed by atoms with Crippen LogP contribution in [-0.4, -0.2) is 79.8 Å². The molecule has 0 atom stereocenters. The number of likely N-dealkylation sites (N-methyl/N-ethyl adjacent to an activating group) is 1. The summed E-state index contributed by atoms with van der Waals surface area (Å²) in [6.45, 7) is -0.0826. The van der Waals surface area contributed by atoms with Crippen LogP contribution in [0.1, 0.15) is 12.8 Å². The maximum absolute atomic E-state index is 10.3. The van der Waals surface area contributed by atoms with Crippen molar-refractivity contribution in [2.24, 2.45) is 10.9 Å². The summed E-state index contributed by atoms with van der Waals surface area (Å²) in [5, 5.41) is 45.1. The molecule has 0 amide bonds. The molecule has 0 spiro atoms. The molecule has 12 heteroatoms. The molecular formula is C10H17N3O9. The van der Waals surface area contributed by atoms with E-state index in [1.54, 1.807) is 7.05 Å². The van der Waals surface area contributed by atoms with Crippen molar-refractivity contribution in [1.29, 1.82) is 0 Å². The van der Waals surface area contributed by atoms with Crippen molar-refractivity contribution in [2.45, 2.75) is 18.4 Å². The molecule has 0 aromatic heterocycles. The van der Waals surface area contributed by atoms with Crippen molar-refractivity contribution in [3.63, 3.8) is 0 Å². The molecule has 126 valence electrons. The van der Waals surface area contributed by atoms with E-state index in [0.29, 0.717) is 0 Å². The number of nitrogens with zero attached hydrogens (tertiary/aromatic N) is 2. The topological polar surface area (TPSA) is 211 Å². The molecule has 0 aliphatic heterocycles. The Hall–Kier alpha value is -2.89. The fraction of sp³-hybridized carbons (Fsp3) is 0.500. The smallest absolute Gasteiger partial charge is 0.336 e. The average Bonchev–Trinajstić information content (AvgIpc) is 2.26. The van der Waals surface area contributed by atoms with Gasteiger partial charge in [-0.3, -0.25) is 14.4 Å². The first kappa shape index (κ1) is 21.4. The van der Waals surface area contributed by atoms with Gasteiger partial charge in [-0.25, -0.2) is 4.79 Å². The van der Waals surface area contributed by atoms with Gasteiger partial charge in [0.25, 0.3) is 0 Å². The van der Waals surface area contributed by atoms with E-state index in [4.69, 9.17) is 31.4 Å². The molecule has 0 saturated carbocycles. The third-order valence-corrected chi connectivity index (χ3v) is 1.93. The minimum atomic E-state index is -2.74. The molecule has 7 N–H and O–H groups in total. The molecule has 22 heavy (non-hydrogen) atoms. The van der Waals surface area contributed by atoms with Crippen molar-refractivity contribution in [3.8, 4) is 0 Å². The van der Waals surface area contributed by atoms with E-state index in [0.717, 1.165) is 0 Å². The second-order valence-electron chi connectivity index (χ2n) is 4.05. The summed E-state index contributed by atoms with van der Waals surface area (Å²) in [6.07, 6.45) is -1.04. The van der Waals surface area contributed by atoms with Gasteiger partial charge in [0.15, 0.2) is 5.60 Å². The second kappa shape index (κ2) is 9.93. The van der Waals surface area contributed by atoms with Crippen molar-refractivity contribution in [3.05, 3.63) is 0 Å². The molecular weight excluding hydrogens is 306 g/mol. The minimum Gasteiger partial charge on any atom is -0.481 e. The molecule has 0 aliphatic carbocycles. The van der Waals surface area contributed by atoms with E-state index in [-0.39, 0.29) is 6.54 Å². The van der Waals surface area contributed by atoms with E-state index in [9.17, 15) is 19.2 Å². The molecule has 0 unspecified atom stereocenters. The average molecular weight is 323 g/mol. The normalized spacial score (nSPS) is 10.5. The highest BCUT2D eigenvalue weighted by atomic mass is 16.4. The predicted molar refractivity (Wildman–Crippen MR) is 70.0 cm³/mol. The SMILES string of the molecule is CN(/C=N/N)CC(=O)O.O=C(O)CC(O)(CC(=O)O)C(=O)O. The molecule has 12 nitrogen and oxygen atoms in total. The van der Waals surface area contributed by atoms with Gasteiger partial charge in [0.2, 0.25) is 0 Å². The van der Waals surface area contributed by atoms with Crippen LogP contribution in [0.15, 0.2) is 5.10 Å². The lowest BCUT2D eigenvalue weighted by atomic mass is 9.96. The Bertz CT molecular complexity index is 433. The molecule has 0 bridgehead atoms. The molecule has 0 aromatic rings. The lowest BCUT2D eigenvalue weighted by molar-refractivity contribution is -0.170. The molecule has 0 aliphatic rings. The van der Waals surface area contributed by atoms with Gasteiger partial charge in [0.05, 0.1) is 12.8 Å². The van der Waals surface area contributed by atoms with Gasteiger partial charge in [0.1, 0.15) is 12.9 Å². The third-order valence-electron chi connectivity index (χ3n) is 1.93. The number of carbonyl (C=O) groups is 4. The van der Waals surface area contributed by atoms with Crippen molar-refractivity contribution < 1.29 is 44.7 Å². The van der Waals surface area contributed by atoms with Gasteiger partial charge < -0.3 is 36.3 Å². The largest absolute Gasteiger partial charge is 0.481 e. The van der Waals surface area contributed by atoms with Gasteiger partial charge >= 0.3 is 23.9 Å². The van der Waals surface area contributed by atoms with Gasteiger partial charge in [-0.2, -0.15) is 5.10 Å². The molecule has 0 rings (SSSR count). The van der Waals surface area contributed by atoms with Crippen LogP contribution in [0.25, 0.3) is 0 Å². The predicted octanol–water partition coefficient (Wildman–Crippen LogP) is -2.34. The summed E-state index contributed by atoms with van der Waals surface area (Å²) in [5.41, 5.74) is -2.74. The summed E-state index contributed by atoms with van der Waals surface area (Å²) >= 11 is 0. The molecule has 0 saturated heterocycles. The lowest BCUT2D eigenvalue weighted by Crippen LogP contribution is -2.42. The monoisotopic (exact) mass is 323 g/mol. The summed E-state index contributed by atoms with van der Waals surface area (Å²) in [4.78, 5) is 41.8. The Labute approximate surface area is 124 Å². The Morgan fingerprint density at radius 3 is 1.68 bits per heavy atom. The molecule has 0 radical (unpaired) electrons. The van der Waals surface area contributed by atoms with Gasteiger partial charge in [-0.1, -0.05) is 0 Å². The maximum Gasteiger partial charge on any atom is 0.336 e. The first-order chi connectivity index (χ1) is 9.94. The first-order valence-corrected chi connectivity index (χ1v) is 5.49. The number of carboxylic acid groups (broad SMARTS) is 4. The van der Waals surface area contributed by atoms with Crippen LogP contribution >= 0.6 is 0 Å². The van der Waals surface area contributed by atoms with Crippen LogP contribution in [0.3, 0.4) is 0 Å². The van der Waals surface area contributed by atoms with Crippen LogP contribution in [0.5, 0.6) is 0 Å². The van der Waals surface area contributed by atoms with Crippen LogP contribution in [0, 0.1) is 0 Å². The highest BCUT2D eigenvalue weighted by Crippen LogP contribution is 2.15. The Balaban J connectivity index is 0.